The van der Waals surface area contributed by atoms with E-state index in [2.05, 4.69) is 16.3 Å². The number of hydrogen-bond acceptors (Lipinski definition) is 6. The molecule has 13 heteroatoms. The molecule has 42 heavy (non-hydrogen) atoms. The summed E-state index contributed by atoms with van der Waals surface area (Å²) in [6.45, 7) is 4.93. The number of aromatic nitrogens is 5. The maximum absolute atomic E-state index is 13.6. The number of fused-ring (bicyclic) bond motifs is 1. The van der Waals surface area contributed by atoms with Crippen molar-refractivity contribution in [1.29, 1.82) is 5.26 Å². The van der Waals surface area contributed by atoms with E-state index < -0.39 is 29.4 Å². The molecule has 1 aliphatic heterocycles. The van der Waals surface area contributed by atoms with Crippen molar-refractivity contribution in [3.63, 3.8) is 0 Å². The van der Waals surface area contributed by atoms with Gasteiger partial charge in [0.1, 0.15) is 18.4 Å². The summed E-state index contributed by atoms with van der Waals surface area (Å²) in [6, 6.07) is 10.6. The average molecular weight is 579 g/mol. The molecule has 2 aromatic carbocycles. The molecule has 0 spiro atoms. The predicted molar refractivity (Wildman–Crippen MR) is 144 cm³/mol. The molecular weight excluding hydrogens is 551 g/mol. The number of imidazole rings is 1. The zero-order chi connectivity index (χ0) is 30.2. The number of nitrogens with zero attached hydrogens (tertiary/aromatic N) is 6. The number of hydrogen-bond donors (Lipinski definition) is 1. The minimum Gasteiger partial charge on any atom is -0.466 e. The normalized spacial score (nSPS) is 15.0. The summed E-state index contributed by atoms with van der Waals surface area (Å²) < 4.78 is 51.1. The number of carbonyl (C=O) groups excluding carboxylic acids is 1. The van der Waals surface area contributed by atoms with Crippen LogP contribution in [0.3, 0.4) is 0 Å². The molecule has 0 amide bonds. The number of H-pyrrole nitrogens is 1. The predicted octanol–water partition coefficient (Wildman–Crippen LogP) is 4.00. The summed E-state index contributed by atoms with van der Waals surface area (Å²) in [6.07, 6.45) is 1.65. The van der Waals surface area contributed by atoms with Crippen LogP contribution in [0.4, 0.5) is 24.8 Å². The van der Waals surface area contributed by atoms with Crippen molar-refractivity contribution in [3.8, 4) is 6.07 Å². The van der Waals surface area contributed by atoms with Crippen molar-refractivity contribution in [1.82, 2.24) is 19.3 Å². The number of anilines is 2. The highest BCUT2D eigenvalue weighted by Crippen LogP contribution is 2.43. The van der Waals surface area contributed by atoms with Gasteiger partial charge in [-0.1, -0.05) is 12.1 Å². The summed E-state index contributed by atoms with van der Waals surface area (Å²) in [5.74, 6) is -0.767. The number of allylic oxidation sites excluding steroid dienone is 1. The lowest BCUT2D eigenvalue weighted by molar-refractivity contribution is -0.696. The minimum atomic E-state index is -4.62. The van der Waals surface area contributed by atoms with Crippen LogP contribution in [0.1, 0.15) is 42.1 Å². The zero-order valence-corrected chi connectivity index (χ0v) is 23.0. The first-order valence-electron chi connectivity index (χ1n) is 13.1. The Morgan fingerprint density at radius 3 is 2.69 bits per heavy atom. The summed E-state index contributed by atoms with van der Waals surface area (Å²) in [5.41, 5.74) is 0.414. The number of carbonyl (C=O) groups is 1. The number of ether oxygens (including phenoxy) is 1. The fourth-order valence-corrected chi connectivity index (χ4v) is 5.24. The Morgan fingerprint density at radius 2 is 2.02 bits per heavy atom. The lowest BCUT2D eigenvalue weighted by atomic mass is 9.89. The third-order valence-corrected chi connectivity index (χ3v) is 7.30. The summed E-state index contributed by atoms with van der Waals surface area (Å²) >= 11 is 0. The van der Waals surface area contributed by atoms with Crippen molar-refractivity contribution in [2.24, 2.45) is 0 Å². The summed E-state index contributed by atoms with van der Waals surface area (Å²) in [7, 11) is 1.19. The van der Waals surface area contributed by atoms with E-state index in [1.165, 1.54) is 28.7 Å². The number of alkyl halides is 3. The van der Waals surface area contributed by atoms with E-state index in [0.29, 0.717) is 29.7 Å². The van der Waals surface area contributed by atoms with Gasteiger partial charge in [-0.3, -0.25) is 4.90 Å². The number of halogens is 3. The van der Waals surface area contributed by atoms with Crippen LogP contribution in [0.5, 0.6) is 0 Å². The van der Waals surface area contributed by atoms with E-state index in [9.17, 15) is 28.0 Å². The van der Waals surface area contributed by atoms with Gasteiger partial charge in [0, 0.05) is 17.8 Å². The van der Waals surface area contributed by atoms with E-state index in [1.54, 1.807) is 25.1 Å². The molecular formula is C29H27F3N7O3+. The van der Waals surface area contributed by atoms with Gasteiger partial charge in [-0.2, -0.15) is 18.4 Å². The van der Waals surface area contributed by atoms with Gasteiger partial charge in [0.15, 0.2) is 0 Å². The highest BCUT2D eigenvalue weighted by Gasteiger charge is 2.41. The molecule has 10 nitrogen and oxygen atoms in total. The molecule has 4 aromatic rings. The van der Waals surface area contributed by atoms with Gasteiger partial charge in [-0.25, -0.2) is 28.4 Å². The van der Waals surface area contributed by atoms with E-state index in [4.69, 9.17) is 4.74 Å². The lowest BCUT2D eigenvalue weighted by Gasteiger charge is -2.36. The fraction of sp³-hybridized carbons (Fsp3) is 0.276. The van der Waals surface area contributed by atoms with Gasteiger partial charge < -0.3 is 4.74 Å². The van der Waals surface area contributed by atoms with Gasteiger partial charge >= 0.3 is 17.8 Å². The fourth-order valence-electron chi connectivity index (χ4n) is 5.24. The second kappa shape index (κ2) is 11.0. The molecule has 0 aliphatic carbocycles. The molecule has 3 heterocycles. The number of benzene rings is 2. The smallest absolute Gasteiger partial charge is 0.416 e. The Kier molecular flexibility index (Phi) is 7.47. The Labute approximate surface area is 238 Å². The quantitative estimate of drug-likeness (QED) is 0.262. The Hall–Kier alpha value is -5.12. The third kappa shape index (κ3) is 5.07. The van der Waals surface area contributed by atoms with Crippen molar-refractivity contribution in [3.05, 3.63) is 105 Å². The van der Waals surface area contributed by atoms with Crippen molar-refractivity contribution >= 4 is 17.6 Å². The number of aromatic amines is 1. The molecule has 5 rings (SSSR count). The number of rotatable bonds is 7. The standard InChI is InChI=1S/C29H26F3N7O3/c1-4-36-12-13-37(17-36)11-10-20-14-19(16-33)8-9-23(20)25-24(26(40)42-3)18(2)38(27-34-35-28(41)39(25)27)22-7-5-6-21(15-22)29(30,31)32/h5-9,12-15,17,25H,4,10-11H2,1-3H3/p+1. The van der Waals surface area contributed by atoms with Crippen LogP contribution in [-0.4, -0.2) is 32.4 Å². The van der Waals surface area contributed by atoms with E-state index >= 15 is 0 Å². The maximum Gasteiger partial charge on any atom is 0.416 e. The monoisotopic (exact) mass is 578 g/mol. The van der Waals surface area contributed by atoms with Crippen LogP contribution >= 0.6 is 0 Å². The van der Waals surface area contributed by atoms with E-state index in [0.717, 1.165) is 18.7 Å². The molecule has 1 atom stereocenters. The van der Waals surface area contributed by atoms with Gasteiger partial charge in [0.2, 0.25) is 12.3 Å². The Balaban J connectivity index is 1.70. The van der Waals surface area contributed by atoms with Crippen LogP contribution in [0, 0.1) is 11.3 Å². The molecule has 1 N–H and O–H groups in total. The van der Waals surface area contributed by atoms with Gasteiger partial charge in [0.05, 0.1) is 43.0 Å². The SMILES string of the molecule is CCn1cc[n+](CCc2cc(C#N)ccc2C2C(C(=O)OC)=C(C)N(c3cccc(C(F)(F)F)c3)c3n[nH]c(=O)n32)c1. The van der Waals surface area contributed by atoms with Crippen LogP contribution in [0.2, 0.25) is 0 Å². The van der Waals surface area contributed by atoms with Crippen LogP contribution in [-0.2, 0) is 35.2 Å². The zero-order valence-electron chi connectivity index (χ0n) is 23.0. The van der Waals surface area contributed by atoms with Crippen LogP contribution in [0.15, 0.2) is 77.3 Å². The van der Waals surface area contributed by atoms with Gasteiger partial charge in [-0.05, 0) is 55.3 Å². The molecule has 1 unspecified atom stereocenters. The highest BCUT2D eigenvalue weighted by molar-refractivity contribution is 5.93. The van der Waals surface area contributed by atoms with Crippen molar-refractivity contribution < 1.29 is 27.3 Å². The topological polar surface area (TPSA) is 113 Å². The number of nitrogens with one attached hydrogen (secondary N) is 1. The summed E-state index contributed by atoms with van der Waals surface area (Å²) in [5, 5.41) is 16.1. The minimum absolute atomic E-state index is 0.000755. The Morgan fingerprint density at radius 1 is 1.24 bits per heavy atom. The molecule has 1 aliphatic rings. The molecule has 2 aromatic heterocycles. The number of methoxy groups -OCH3 is 1. The van der Waals surface area contributed by atoms with E-state index in [-0.39, 0.29) is 22.9 Å². The second-order valence-electron chi connectivity index (χ2n) is 9.73. The summed E-state index contributed by atoms with van der Waals surface area (Å²) in [4.78, 5) is 28.0. The van der Waals surface area contributed by atoms with Crippen LogP contribution < -0.4 is 15.2 Å². The molecule has 216 valence electrons. The second-order valence-corrected chi connectivity index (χ2v) is 9.73. The molecule has 0 bridgehead atoms. The van der Waals surface area contributed by atoms with Crippen molar-refractivity contribution in [2.75, 3.05) is 12.0 Å². The molecule has 0 saturated heterocycles. The maximum atomic E-state index is 13.6. The first-order chi connectivity index (χ1) is 20.1. The van der Waals surface area contributed by atoms with Crippen LogP contribution in [0.25, 0.3) is 0 Å². The number of aryl methyl sites for hydroxylation is 3. The lowest BCUT2D eigenvalue weighted by Crippen LogP contribution is -2.38. The first kappa shape index (κ1) is 28.4. The van der Waals surface area contributed by atoms with Gasteiger partial charge in [0.25, 0.3) is 0 Å². The molecule has 0 fully saturated rings. The van der Waals surface area contributed by atoms with Gasteiger partial charge in [-0.15, -0.1) is 5.10 Å². The highest BCUT2D eigenvalue weighted by atomic mass is 19.4. The first-order valence-corrected chi connectivity index (χ1v) is 13.1. The number of nitriles is 1. The Bertz CT molecular complexity index is 1790. The number of esters is 1. The third-order valence-electron chi connectivity index (χ3n) is 7.30. The van der Waals surface area contributed by atoms with E-state index in [1.807, 2.05) is 34.8 Å². The van der Waals surface area contributed by atoms with Crippen molar-refractivity contribution in [2.45, 2.75) is 45.6 Å². The largest absolute Gasteiger partial charge is 0.466 e. The molecule has 0 radical (unpaired) electrons. The molecule has 0 saturated carbocycles. The average Bonchev–Trinajstić information content (AvgIpc) is 3.61.